The summed E-state index contributed by atoms with van der Waals surface area (Å²) in [7, 11) is 0. The first-order valence-corrected chi connectivity index (χ1v) is 7.39. The van der Waals surface area contributed by atoms with Gasteiger partial charge in [0, 0.05) is 24.6 Å². The number of rotatable bonds is 7. The van der Waals surface area contributed by atoms with Crippen molar-refractivity contribution in [3.05, 3.63) is 29.8 Å². The third kappa shape index (κ3) is 5.55. The average Bonchev–Trinajstić information content (AvgIpc) is 3.28. The van der Waals surface area contributed by atoms with Crippen molar-refractivity contribution in [1.82, 2.24) is 5.32 Å². The molecule has 1 aliphatic carbocycles. The number of anilines is 1. The maximum Gasteiger partial charge on any atom is 0.227 e. The summed E-state index contributed by atoms with van der Waals surface area (Å²) in [5, 5.41) is 14.8. The third-order valence-electron chi connectivity index (χ3n) is 3.42. The highest BCUT2D eigenvalue weighted by molar-refractivity contribution is 5.94. The number of carbonyl (C=O) groups excluding carboxylic acids is 2. The molecule has 0 heterocycles. The van der Waals surface area contributed by atoms with Gasteiger partial charge in [-0.1, -0.05) is 12.1 Å². The summed E-state index contributed by atoms with van der Waals surface area (Å²) in [6.45, 7) is 2.09. The first kappa shape index (κ1) is 15.5. The molecule has 1 saturated carbocycles. The lowest BCUT2D eigenvalue weighted by atomic mass is 10.1. The van der Waals surface area contributed by atoms with Crippen molar-refractivity contribution in [1.29, 1.82) is 0 Å². The first-order chi connectivity index (χ1) is 10.0. The standard InChI is InChI=1S/C16H22N2O3/c1-11(19)5-8-15(20)17-10-12-3-2-4-14(9-12)18-16(21)13-6-7-13/h2-4,9,11,13,19H,5-8,10H2,1H3,(H,17,20)(H,18,21). The Labute approximate surface area is 124 Å². The van der Waals surface area contributed by atoms with E-state index in [-0.39, 0.29) is 17.7 Å². The van der Waals surface area contributed by atoms with Crippen molar-refractivity contribution in [2.75, 3.05) is 5.32 Å². The van der Waals surface area contributed by atoms with Gasteiger partial charge in [-0.2, -0.15) is 0 Å². The SMILES string of the molecule is CC(O)CCC(=O)NCc1cccc(NC(=O)C2CC2)c1. The monoisotopic (exact) mass is 290 g/mol. The van der Waals surface area contributed by atoms with Crippen molar-refractivity contribution in [2.45, 2.75) is 45.3 Å². The fraction of sp³-hybridized carbons (Fsp3) is 0.500. The van der Waals surface area contributed by atoms with Crippen LogP contribution in [0.5, 0.6) is 0 Å². The van der Waals surface area contributed by atoms with E-state index >= 15 is 0 Å². The molecule has 2 amide bonds. The van der Waals surface area contributed by atoms with E-state index in [1.807, 2.05) is 24.3 Å². The summed E-state index contributed by atoms with van der Waals surface area (Å²) in [4.78, 5) is 23.3. The van der Waals surface area contributed by atoms with Gasteiger partial charge >= 0.3 is 0 Å². The van der Waals surface area contributed by atoms with Crippen molar-refractivity contribution < 1.29 is 14.7 Å². The Bertz CT molecular complexity index is 510. The molecule has 1 aliphatic rings. The molecule has 21 heavy (non-hydrogen) atoms. The van der Waals surface area contributed by atoms with E-state index in [0.29, 0.717) is 19.4 Å². The van der Waals surface area contributed by atoms with Crippen molar-refractivity contribution in [3.63, 3.8) is 0 Å². The molecule has 5 heteroatoms. The lowest BCUT2D eigenvalue weighted by Gasteiger charge is -2.09. The number of nitrogens with one attached hydrogen (secondary N) is 2. The van der Waals surface area contributed by atoms with Gasteiger partial charge in [-0.05, 0) is 43.9 Å². The van der Waals surface area contributed by atoms with E-state index in [1.54, 1.807) is 6.92 Å². The number of benzene rings is 1. The number of carbonyl (C=O) groups is 2. The normalized spacial score (nSPS) is 15.3. The van der Waals surface area contributed by atoms with Gasteiger partial charge in [0.2, 0.25) is 11.8 Å². The zero-order valence-corrected chi connectivity index (χ0v) is 12.3. The fourth-order valence-corrected chi connectivity index (χ4v) is 1.98. The Morgan fingerprint density at radius 2 is 2.14 bits per heavy atom. The largest absolute Gasteiger partial charge is 0.393 e. The molecule has 0 radical (unpaired) electrons. The third-order valence-corrected chi connectivity index (χ3v) is 3.42. The molecule has 0 aromatic heterocycles. The van der Waals surface area contributed by atoms with Crippen LogP contribution in [0.15, 0.2) is 24.3 Å². The van der Waals surface area contributed by atoms with E-state index in [2.05, 4.69) is 10.6 Å². The predicted octanol–water partition coefficient (Wildman–Crippen LogP) is 1.81. The zero-order chi connectivity index (χ0) is 15.2. The molecular weight excluding hydrogens is 268 g/mol. The van der Waals surface area contributed by atoms with Crippen LogP contribution in [0.2, 0.25) is 0 Å². The maximum atomic E-state index is 11.7. The molecule has 5 nitrogen and oxygen atoms in total. The van der Waals surface area contributed by atoms with E-state index < -0.39 is 6.10 Å². The number of hydrogen-bond donors (Lipinski definition) is 3. The highest BCUT2D eigenvalue weighted by Gasteiger charge is 2.29. The van der Waals surface area contributed by atoms with Crippen LogP contribution in [0.3, 0.4) is 0 Å². The van der Waals surface area contributed by atoms with Crippen LogP contribution in [0, 0.1) is 5.92 Å². The van der Waals surface area contributed by atoms with Crippen LogP contribution in [-0.2, 0) is 16.1 Å². The second-order valence-electron chi connectivity index (χ2n) is 5.63. The summed E-state index contributed by atoms with van der Waals surface area (Å²) in [5.74, 6) is 0.172. The van der Waals surface area contributed by atoms with Crippen molar-refractivity contribution >= 4 is 17.5 Å². The average molecular weight is 290 g/mol. The van der Waals surface area contributed by atoms with Gasteiger partial charge < -0.3 is 15.7 Å². The van der Waals surface area contributed by atoms with Gasteiger partial charge in [0.25, 0.3) is 0 Å². The number of amides is 2. The Hall–Kier alpha value is -1.88. The van der Waals surface area contributed by atoms with E-state index in [9.17, 15) is 9.59 Å². The molecule has 1 aromatic carbocycles. The molecule has 1 aromatic rings. The Kier molecular flexibility index (Phi) is 5.33. The smallest absolute Gasteiger partial charge is 0.227 e. The summed E-state index contributed by atoms with van der Waals surface area (Å²) < 4.78 is 0. The summed E-state index contributed by atoms with van der Waals surface area (Å²) in [6, 6.07) is 7.48. The zero-order valence-electron chi connectivity index (χ0n) is 12.3. The van der Waals surface area contributed by atoms with Gasteiger partial charge in [0.1, 0.15) is 0 Å². The van der Waals surface area contributed by atoms with E-state index in [1.165, 1.54) is 0 Å². The molecule has 0 spiro atoms. The van der Waals surface area contributed by atoms with Crippen LogP contribution in [0.4, 0.5) is 5.69 Å². The van der Waals surface area contributed by atoms with E-state index in [4.69, 9.17) is 5.11 Å². The second-order valence-corrected chi connectivity index (χ2v) is 5.63. The lowest BCUT2D eigenvalue weighted by Crippen LogP contribution is -2.23. The topological polar surface area (TPSA) is 78.4 Å². The highest BCUT2D eigenvalue weighted by atomic mass is 16.3. The number of aliphatic hydroxyl groups is 1. The number of hydrogen-bond acceptors (Lipinski definition) is 3. The number of aliphatic hydroxyl groups excluding tert-OH is 1. The van der Waals surface area contributed by atoms with Crippen LogP contribution >= 0.6 is 0 Å². The van der Waals surface area contributed by atoms with Crippen molar-refractivity contribution in [3.8, 4) is 0 Å². The molecule has 114 valence electrons. The molecular formula is C16H22N2O3. The molecule has 1 unspecified atom stereocenters. The molecule has 0 saturated heterocycles. The lowest BCUT2D eigenvalue weighted by molar-refractivity contribution is -0.121. The molecule has 1 atom stereocenters. The predicted molar refractivity (Wildman–Crippen MR) is 80.6 cm³/mol. The van der Waals surface area contributed by atoms with Crippen molar-refractivity contribution in [2.24, 2.45) is 5.92 Å². The molecule has 2 rings (SSSR count). The summed E-state index contributed by atoms with van der Waals surface area (Å²) in [6.07, 6.45) is 2.27. The quantitative estimate of drug-likeness (QED) is 0.716. The van der Waals surface area contributed by atoms with Crippen LogP contribution in [-0.4, -0.2) is 23.0 Å². The summed E-state index contributed by atoms with van der Waals surface area (Å²) in [5.41, 5.74) is 1.71. The second kappa shape index (κ2) is 7.22. The minimum Gasteiger partial charge on any atom is -0.393 e. The Morgan fingerprint density at radius 1 is 1.38 bits per heavy atom. The minimum absolute atomic E-state index is 0.0770. The molecule has 3 N–H and O–H groups in total. The Balaban J connectivity index is 1.80. The molecule has 0 aliphatic heterocycles. The van der Waals surface area contributed by atoms with Gasteiger partial charge in [0.05, 0.1) is 6.10 Å². The van der Waals surface area contributed by atoms with Crippen LogP contribution in [0.25, 0.3) is 0 Å². The van der Waals surface area contributed by atoms with Gasteiger partial charge in [0.15, 0.2) is 0 Å². The van der Waals surface area contributed by atoms with Gasteiger partial charge in [-0.3, -0.25) is 9.59 Å². The maximum absolute atomic E-state index is 11.7. The highest BCUT2D eigenvalue weighted by Crippen LogP contribution is 2.30. The minimum atomic E-state index is -0.461. The molecule has 1 fully saturated rings. The van der Waals surface area contributed by atoms with Gasteiger partial charge in [-0.15, -0.1) is 0 Å². The first-order valence-electron chi connectivity index (χ1n) is 7.39. The summed E-state index contributed by atoms with van der Waals surface area (Å²) >= 11 is 0. The fourth-order valence-electron chi connectivity index (χ4n) is 1.98. The van der Waals surface area contributed by atoms with Gasteiger partial charge in [-0.25, -0.2) is 0 Å². The van der Waals surface area contributed by atoms with E-state index in [0.717, 1.165) is 24.1 Å². The molecule has 0 bridgehead atoms. The van der Waals surface area contributed by atoms with Crippen LogP contribution < -0.4 is 10.6 Å². The Morgan fingerprint density at radius 3 is 2.81 bits per heavy atom. The van der Waals surface area contributed by atoms with Crippen LogP contribution in [0.1, 0.15) is 38.2 Å².